The molecule has 0 spiro atoms. The number of ketones is 1. The van der Waals surface area contributed by atoms with Crippen LogP contribution >= 0.6 is 0 Å². The van der Waals surface area contributed by atoms with E-state index in [2.05, 4.69) is 61.5 Å². The lowest BCUT2D eigenvalue weighted by molar-refractivity contribution is -0.120. The third-order valence-electron chi connectivity index (χ3n) is 7.09. The maximum absolute atomic E-state index is 13.7. The van der Waals surface area contributed by atoms with E-state index in [0.29, 0.717) is 19.3 Å². The molecule has 0 fully saturated rings. The Labute approximate surface area is 195 Å². The summed E-state index contributed by atoms with van der Waals surface area (Å²) in [6.45, 7) is 6.13. The summed E-state index contributed by atoms with van der Waals surface area (Å²) in [6.07, 6.45) is 1.49. The molecule has 3 aromatic rings. The van der Waals surface area contributed by atoms with Gasteiger partial charge in [-0.3, -0.25) is 14.5 Å². The lowest BCUT2D eigenvalue weighted by atomic mass is 9.72. The summed E-state index contributed by atoms with van der Waals surface area (Å²) in [4.78, 5) is 29.3. The standard InChI is InChI=1S/C30H29NO2/c1-19-10-13-23(14-11-19)25-18-29(33)31(26-15-20(2)9-12-21(26)3)27-16-24(17-28(32)30(25)27)22-7-5-4-6-8-22/h4-15,24-25H,16-18H2,1-3H3. The van der Waals surface area contributed by atoms with Crippen LogP contribution in [0.3, 0.4) is 0 Å². The van der Waals surface area contributed by atoms with Gasteiger partial charge in [-0.1, -0.05) is 72.3 Å². The SMILES string of the molecule is Cc1ccc(C2CC(=O)N(c3cc(C)ccc3C)C3=C2C(=O)CC(c2ccccc2)C3)cc1. The van der Waals surface area contributed by atoms with Gasteiger partial charge in [0.15, 0.2) is 5.78 Å². The Morgan fingerprint density at radius 2 is 1.42 bits per heavy atom. The summed E-state index contributed by atoms with van der Waals surface area (Å²) >= 11 is 0. The van der Waals surface area contributed by atoms with Gasteiger partial charge in [-0.05, 0) is 61.4 Å². The predicted octanol–water partition coefficient (Wildman–Crippen LogP) is 6.53. The minimum Gasteiger partial charge on any atom is -0.294 e. The van der Waals surface area contributed by atoms with Crippen molar-refractivity contribution in [2.24, 2.45) is 0 Å². The first-order valence-corrected chi connectivity index (χ1v) is 11.7. The van der Waals surface area contributed by atoms with E-state index >= 15 is 0 Å². The van der Waals surface area contributed by atoms with Crippen molar-refractivity contribution < 1.29 is 9.59 Å². The topological polar surface area (TPSA) is 37.4 Å². The molecule has 0 radical (unpaired) electrons. The Bertz CT molecular complexity index is 1250. The van der Waals surface area contributed by atoms with Gasteiger partial charge >= 0.3 is 0 Å². The fourth-order valence-corrected chi connectivity index (χ4v) is 5.32. The highest BCUT2D eigenvalue weighted by Crippen LogP contribution is 2.47. The number of amides is 1. The third kappa shape index (κ3) is 3.93. The van der Waals surface area contributed by atoms with Crippen LogP contribution in [0.1, 0.15) is 58.9 Å². The summed E-state index contributed by atoms with van der Waals surface area (Å²) in [7, 11) is 0. The van der Waals surface area contributed by atoms with E-state index in [4.69, 9.17) is 0 Å². The summed E-state index contributed by atoms with van der Waals surface area (Å²) in [6, 6.07) is 24.7. The number of carbonyl (C=O) groups excluding carboxylic acids is 2. The van der Waals surface area contributed by atoms with Gasteiger partial charge < -0.3 is 0 Å². The number of carbonyl (C=O) groups is 2. The molecular weight excluding hydrogens is 406 g/mol. The predicted molar refractivity (Wildman–Crippen MR) is 132 cm³/mol. The van der Waals surface area contributed by atoms with E-state index in [1.54, 1.807) is 0 Å². The van der Waals surface area contributed by atoms with Gasteiger partial charge in [0.2, 0.25) is 5.91 Å². The Kier molecular flexibility index (Phi) is 5.49. The molecule has 0 bridgehead atoms. The van der Waals surface area contributed by atoms with Gasteiger partial charge in [0.05, 0.1) is 5.69 Å². The molecule has 5 rings (SSSR count). The zero-order valence-electron chi connectivity index (χ0n) is 19.5. The number of anilines is 1. The van der Waals surface area contributed by atoms with Crippen LogP contribution in [0.25, 0.3) is 0 Å². The monoisotopic (exact) mass is 435 g/mol. The Balaban J connectivity index is 1.68. The van der Waals surface area contributed by atoms with Crippen molar-refractivity contribution in [1.29, 1.82) is 0 Å². The highest BCUT2D eigenvalue weighted by Gasteiger charge is 2.42. The highest BCUT2D eigenvalue weighted by molar-refractivity contribution is 6.08. The molecule has 0 saturated heterocycles. The molecule has 33 heavy (non-hydrogen) atoms. The van der Waals surface area contributed by atoms with Crippen LogP contribution in [0.4, 0.5) is 5.69 Å². The molecule has 0 saturated carbocycles. The molecule has 3 nitrogen and oxygen atoms in total. The molecule has 2 atom stereocenters. The summed E-state index contributed by atoms with van der Waals surface area (Å²) < 4.78 is 0. The number of rotatable bonds is 3. The molecule has 0 aromatic heterocycles. The van der Waals surface area contributed by atoms with Crippen LogP contribution in [0.5, 0.6) is 0 Å². The van der Waals surface area contributed by atoms with Crippen LogP contribution in [-0.4, -0.2) is 11.7 Å². The maximum Gasteiger partial charge on any atom is 0.232 e. The van der Waals surface area contributed by atoms with Crippen LogP contribution in [-0.2, 0) is 9.59 Å². The number of hydrogen-bond donors (Lipinski definition) is 0. The molecule has 3 heteroatoms. The van der Waals surface area contributed by atoms with Gasteiger partial charge in [0, 0.05) is 30.0 Å². The van der Waals surface area contributed by atoms with Gasteiger partial charge in [0.1, 0.15) is 0 Å². The number of benzene rings is 3. The molecule has 1 aliphatic carbocycles. The summed E-state index contributed by atoms with van der Waals surface area (Å²) in [5.74, 6) is 0.126. The zero-order chi connectivity index (χ0) is 23.1. The largest absolute Gasteiger partial charge is 0.294 e. The van der Waals surface area contributed by atoms with Crippen LogP contribution in [0.2, 0.25) is 0 Å². The Morgan fingerprint density at radius 1 is 0.727 bits per heavy atom. The molecular formula is C30H29NO2. The minimum absolute atomic E-state index is 0.0644. The first-order chi connectivity index (χ1) is 15.9. The number of Topliss-reactive ketones (excluding diaryl/α,β-unsaturated/α-hetero) is 1. The number of aryl methyl sites for hydroxylation is 3. The van der Waals surface area contributed by atoms with Crippen LogP contribution in [0, 0.1) is 20.8 Å². The average Bonchev–Trinajstić information content (AvgIpc) is 2.81. The Hall–Kier alpha value is -3.46. The number of nitrogens with zero attached hydrogens (tertiary/aromatic N) is 1. The fourth-order valence-electron chi connectivity index (χ4n) is 5.32. The summed E-state index contributed by atoms with van der Waals surface area (Å²) in [5, 5.41) is 0. The molecule has 3 aromatic carbocycles. The second-order valence-electron chi connectivity index (χ2n) is 9.49. The molecule has 166 valence electrons. The highest BCUT2D eigenvalue weighted by atomic mass is 16.2. The lowest BCUT2D eigenvalue weighted by Crippen LogP contribution is -2.42. The van der Waals surface area contributed by atoms with E-state index in [9.17, 15) is 9.59 Å². The van der Waals surface area contributed by atoms with Gasteiger partial charge in [-0.25, -0.2) is 0 Å². The number of hydrogen-bond acceptors (Lipinski definition) is 2. The van der Waals surface area contributed by atoms with Crippen molar-refractivity contribution in [2.45, 2.75) is 51.9 Å². The molecule has 1 aliphatic heterocycles. The zero-order valence-corrected chi connectivity index (χ0v) is 19.5. The van der Waals surface area contributed by atoms with Crippen molar-refractivity contribution in [3.05, 3.63) is 112 Å². The number of allylic oxidation sites excluding steroid dienone is 2. The minimum atomic E-state index is -0.182. The van der Waals surface area contributed by atoms with Gasteiger partial charge in [-0.2, -0.15) is 0 Å². The smallest absolute Gasteiger partial charge is 0.232 e. The van der Waals surface area contributed by atoms with E-state index < -0.39 is 0 Å². The van der Waals surface area contributed by atoms with E-state index in [1.165, 1.54) is 5.56 Å². The second-order valence-corrected chi connectivity index (χ2v) is 9.49. The third-order valence-corrected chi connectivity index (χ3v) is 7.09. The second kappa shape index (κ2) is 8.47. The normalized spacial score (nSPS) is 20.8. The van der Waals surface area contributed by atoms with Crippen LogP contribution in [0.15, 0.2) is 84.1 Å². The van der Waals surface area contributed by atoms with Crippen molar-refractivity contribution in [3.63, 3.8) is 0 Å². The lowest BCUT2D eigenvalue weighted by Gasteiger charge is -2.41. The maximum atomic E-state index is 13.7. The van der Waals surface area contributed by atoms with Crippen molar-refractivity contribution in [3.8, 4) is 0 Å². The van der Waals surface area contributed by atoms with Crippen molar-refractivity contribution in [1.82, 2.24) is 0 Å². The molecule has 0 N–H and O–H groups in total. The first kappa shape index (κ1) is 21.4. The van der Waals surface area contributed by atoms with E-state index in [-0.39, 0.29) is 23.5 Å². The van der Waals surface area contributed by atoms with Crippen molar-refractivity contribution in [2.75, 3.05) is 4.90 Å². The van der Waals surface area contributed by atoms with E-state index in [0.717, 1.165) is 39.2 Å². The fraction of sp³-hybridized carbons (Fsp3) is 0.267. The Morgan fingerprint density at radius 3 is 2.15 bits per heavy atom. The molecule has 2 aliphatic rings. The van der Waals surface area contributed by atoms with E-state index in [1.807, 2.05) is 36.9 Å². The molecule has 2 unspecified atom stereocenters. The molecule has 1 heterocycles. The average molecular weight is 436 g/mol. The van der Waals surface area contributed by atoms with Gasteiger partial charge in [0.25, 0.3) is 0 Å². The molecule has 1 amide bonds. The van der Waals surface area contributed by atoms with Crippen molar-refractivity contribution >= 4 is 17.4 Å². The van der Waals surface area contributed by atoms with Crippen LogP contribution < -0.4 is 4.90 Å². The quantitative estimate of drug-likeness (QED) is 0.469. The van der Waals surface area contributed by atoms with Gasteiger partial charge in [-0.15, -0.1) is 0 Å². The summed E-state index contributed by atoms with van der Waals surface area (Å²) in [5.41, 5.74) is 8.14. The first-order valence-electron chi connectivity index (χ1n) is 11.7.